The summed E-state index contributed by atoms with van der Waals surface area (Å²) in [5, 5.41) is 5.84. The highest BCUT2D eigenvalue weighted by Gasteiger charge is 2.36. The summed E-state index contributed by atoms with van der Waals surface area (Å²) in [6, 6.07) is 2.50. The van der Waals surface area contributed by atoms with Crippen molar-refractivity contribution in [2.75, 3.05) is 11.9 Å². The Morgan fingerprint density at radius 3 is 2.46 bits per heavy atom. The molecule has 7 nitrogen and oxygen atoms in total. The summed E-state index contributed by atoms with van der Waals surface area (Å²) in [7, 11) is 0. The predicted octanol–water partition coefficient (Wildman–Crippen LogP) is 1.98. The lowest BCUT2D eigenvalue weighted by molar-refractivity contribution is -0.137. The first-order chi connectivity index (χ1) is 11.3. The van der Waals surface area contributed by atoms with Crippen molar-refractivity contribution >= 4 is 46.7 Å². The van der Waals surface area contributed by atoms with E-state index < -0.39 is 18.1 Å². The number of carbonyl (C=O) groups excluding carboxylic acids is 3. The Balaban J connectivity index is 2.07. The van der Waals surface area contributed by atoms with Crippen LogP contribution in [0.4, 0.5) is 10.5 Å². The largest absolute Gasteiger partial charge is 0.352 e. The first kappa shape index (κ1) is 18.4. The number of primary amides is 1. The zero-order valence-electron chi connectivity index (χ0n) is 13.0. The number of anilines is 1. The third kappa shape index (κ3) is 4.52. The molecule has 1 aliphatic rings. The second-order valence-electron chi connectivity index (χ2n) is 5.57. The van der Waals surface area contributed by atoms with Crippen LogP contribution in [-0.2, 0) is 9.59 Å². The van der Waals surface area contributed by atoms with E-state index in [-0.39, 0.29) is 11.8 Å². The van der Waals surface area contributed by atoms with Gasteiger partial charge in [-0.05, 0) is 38.0 Å². The van der Waals surface area contributed by atoms with Crippen molar-refractivity contribution < 1.29 is 14.4 Å². The fraction of sp³-hybridized carbons (Fsp3) is 0.400. The highest BCUT2D eigenvalue weighted by Crippen LogP contribution is 2.24. The maximum atomic E-state index is 12.5. The van der Waals surface area contributed by atoms with Crippen LogP contribution in [0.15, 0.2) is 18.2 Å². The van der Waals surface area contributed by atoms with Crippen molar-refractivity contribution in [2.24, 2.45) is 5.73 Å². The lowest BCUT2D eigenvalue weighted by Crippen LogP contribution is -2.52. The molecule has 1 fully saturated rings. The molecular weight excluding hydrogens is 355 g/mol. The molecule has 0 aliphatic carbocycles. The molecule has 1 aliphatic heterocycles. The summed E-state index contributed by atoms with van der Waals surface area (Å²) < 4.78 is 0. The molecule has 1 aromatic rings. The van der Waals surface area contributed by atoms with Gasteiger partial charge >= 0.3 is 6.03 Å². The van der Waals surface area contributed by atoms with E-state index in [0.29, 0.717) is 35.1 Å². The van der Waals surface area contributed by atoms with E-state index in [1.54, 1.807) is 18.2 Å². The number of hydrogen-bond donors (Lipinski definition) is 3. The number of nitrogens with zero attached hydrogens (tertiary/aromatic N) is 1. The molecule has 1 aromatic carbocycles. The second-order valence-corrected chi connectivity index (χ2v) is 6.44. The molecule has 24 heavy (non-hydrogen) atoms. The molecule has 2 atom stereocenters. The van der Waals surface area contributed by atoms with E-state index in [9.17, 15) is 14.4 Å². The number of amides is 4. The number of nitrogens with two attached hydrogens (primary N) is 1. The molecule has 0 saturated carbocycles. The Labute approximate surface area is 149 Å². The number of urea groups is 1. The SMILES string of the molecule is CC(NC(N)=O)C(=O)N1CCCC1C(=O)Nc1cc(Cl)cc(Cl)c1. The third-order valence-corrected chi connectivity index (χ3v) is 4.13. The van der Waals surface area contributed by atoms with Crippen LogP contribution in [0.5, 0.6) is 0 Å². The van der Waals surface area contributed by atoms with E-state index in [2.05, 4.69) is 10.6 Å². The molecule has 2 unspecified atom stereocenters. The van der Waals surface area contributed by atoms with Gasteiger partial charge in [0.05, 0.1) is 0 Å². The zero-order chi connectivity index (χ0) is 17.9. The lowest BCUT2D eigenvalue weighted by atomic mass is 10.2. The van der Waals surface area contributed by atoms with Gasteiger partial charge in [-0.2, -0.15) is 0 Å². The first-order valence-corrected chi connectivity index (χ1v) is 8.17. The highest BCUT2D eigenvalue weighted by atomic mass is 35.5. The fourth-order valence-corrected chi connectivity index (χ4v) is 3.20. The van der Waals surface area contributed by atoms with Gasteiger partial charge in [0, 0.05) is 22.3 Å². The first-order valence-electron chi connectivity index (χ1n) is 7.41. The van der Waals surface area contributed by atoms with Crippen molar-refractivity contribution in [3.63, 3.8) is 0 Å². The van der Waals surface area contributed by atoms with Gasteiger partial charge in [-0.3, -0.25) is 9.59 Å². The zero-order valence-corrected chi connectivity index (χ0v) is 14.5. The Hall–Kier alpha value is -1.99. The Morgan fingerprint density at radius 2 is 1.88 bits per heavy atom. The van der Waals surface area contributed by atoms with Crippen LogP contribution in [0.1, 0.15) is 19.8 Å². The Bertz CT molecular complexity index is 648. The van der Waals surface area contributed by atoms with E-state index in [1.165, 1.54) is 11.8 Å². The number of benzene rings is 1. The highest BCUT2D eigenvalue weighted by molar-refractivity contribution is 6.35. The quantitative estimate of drug-likeness (QED) is 0.752. The van der Waals surface area contributed by atoms with Crippen molar-refractivity contribution in [2.45, 2.75) is 31.8 Å². The van der Waals surface area contributed by atoms with E-state index in [1.807, 2.05) is 0 Å². The fourth-order valence-electron chi connectivity index (χ4n) is 2.68. The summed E-state index contributed by atoms with van der Waals surface area (Å²) >= 11 is 11.8. The molecule has 4 amide bonds. The minimum absolute atomic E-state index is 0.328. The van der Waals surface area contributed by atoms with Crippen LogP contribution >= 0.6 is 23.2 Å². The molecule has 0 bridgehead atoms. The minimum atomic E-state index is -0.795. The standard InChI is InChI=1S/C15H18Cl2N4O3/c1-8(19-15(18)24)14(23)21-4-2-3-12(21)13(22)20-11-6-9(16)5-10(17)7-11/h5-8,12H,2-4H2,1H3,(H,20,22)(H3,18,19,24). The molecule has 9 heteroatoms. The summed E-state index contributed by atoms with van der Waals surface area (Å²) in [6.07, 6.45) is 1.23. The summed E-state index contributed by atoms with van der Waals surface area (Å²) in [6.45, 7) is 1.97. The van der Waals surface area contributed by atoms with Crippen LogP contribution in [0.25, 0.3) is 0 Å². The summed E-state index contributed by atoms with van der Waals surface area (Å²) in [5.41, 5.74) is 5.49. The lowest BCUT2D eigenvalue weighted by Gasteiger charge is -2.26. The van der Waals surface area contributed by atoms with Gasteiger partial charge in [0.1, 0.15) is 12.1 Å². The minimum Gasteiger partial charge on any atom is -0.352 e. The normalized spacial score (nSPS) is 18.1. The average Bonchev–Trinajstić information content (AvgIpc) is 2.93. The van der Waals surface area contributed by atoms with E-state index in [0.717, 1.165) is 0 Å². The van der Waals surface area contributed by atoms with Gasteiger partial charge in [0.25, 0.3) is 0 Å². The van der Waals surface area contributed by atoms with Crippen molar-refractivity contribution in [3.05, 3.63) is 28.2 Å². The number of carbonyl (C=O) groups is 3. The molecule has 0 radical (unpaired) electrons. The van der Waals surface area contributed by atoms with Crippen LogP contribution in [-0.4, -0.2) is 41.4 Å². The maximum absolute atomic E-state index is 12.5. The molecule has 0 spiro atoms. The van der Waals surface area contributed by atoms with Crippen molar-refractivity contribution in [1.82, 2.24) is 10.2 Å². The molecule has 1 heterocycles. The number of halogens is 2. The molecular formula is C15H18Cl2N4O3. The Kier molecular flexibility index (Phi) is 5.90. The van der Waals surface area contributed by atoms with Crippen LogP contribution < -0.4 is 16.4 Å². The monoisotopic (exact) mass is 372 g/mol. The molecule has 1 saturated heterocycles. The Morgan fingerprint density at radius 1 is 1.25 bits per heavy atom. The molecule has 130 valence electrons. The van der Waals surface area contributed by atoms with Crippen molar-refractivity contribution in [1.29, 1.82) is 0 Å². The number of rotatable bonds is 4. The van der Waals surface area contributed by atoms with E-state index >= 15 is 0 Å². The number of hydrogen-bond acceptors (Lipinski definition) is 3. The number of likely N-dealkylation sites (tertiary alicyclic amines) is 1. The van der Waals surface area contributed by atoms with Gasteiger partial charge in [-0.15, -0.1) is 0 Å². The topological polar surface area (TPSA) is 105 Å². The van der Waals surface area contributed by atoms with Gasteiger partial charge in [-0.25, -0.2) is 4.79 Å². The van der Waals surface area contributed by atoms with Gasteiger partial charge in [0.15, 0.2) is 0 Å². The van der Waals surface area contributed by atoms with Crippen LogP contribution in [0, 0.1) is 0 Å². The third-order valence-electron chi connectivity index (χ3n) is 3.70. The average molecular weight is 373 g/mol. The van der Waals surface area contributed by atoms with Crippen molar-refractivity contribution in [3.8, 4) is 0 Å². The van der Waals surface area contributed by atoms with Crippen LogP contribution in [0.2, 0.25) is 10.0 Å². The number of nitrogens with one attached hydrogen (secondary N) is 2. The van der Waals surface area contributed by atoms with Gasteiger partial charge in [-0.1, -0.05) is 23.2 Å². The smallest absolute Gasteiger partial charge is 0.312 e. The van der Waals surface area contributed by atoms with Gasteiger partial charge in [0.2, 0.25) is 11.8 Å². The molecule has 2 rings (SSSR count). The van der Waals surface area contributed by atoms with Gasteiger partial charge < -0.3 is 21.3 Å². The molecule has 0 aromatic heterocycles. The summed E-state index contributed by atoms with van der Waals surface area (Å²) in [4.78, 5) is 37.2. The van der Waals surface area contributed by atoms with Crippen LogP contribution in [0.3, 0.4) is 0 Å². The maximum Gasteiger partial charge on any atom is 0.312 e. The second kappa shape index (κ2) is 7.72. The summed E-state index contributed by atoms with van der Waals surface area (Å²) in [5.74, 6) is -0.680. The predicted molar refractivity (Wildman–Crippen MR) is 92.0 cm³/mol. The molecule has 4 N–H and O–H groups in total. The van der Waals surface area contributed by atoms with E-state index in [4.69, 9.17) is 28.9 Å².